The van der Waals surface area contributed by atoms with Gasteiger partial charge in [0.05, 0.1) is 0 Å². The van der Waals surface area contributed by atoms with E-state index < -0.39 is 11.9 Å². The van der Waals surface area contributed by atoms with Gasteiger partial charge in [-0.1, -0.05) is 29.8 Å². The Morgan fingerprint density at radius 2 is 1.73 bits per heavy atom. The monoisotopic (exact) mass is 379 g/mol. The first-order chi connectivity index (χ1) is 12.3. The number of phenols is 1. The van der Waals surface area contributed by atoms with Gasteiger partial charge in [0.1, 0.15) is 23.8 Å². The first-order valence-electron chi connectivity index (χ1n) is 7.57. The Labute approximate surface area is 152 Å². The Morgan fingerprint density at radius 1 is 1.00 bits per heavy atom. The fourth-order valence-electron chi connectivity index (χ4n) is 2.31. The lowest BCUT2D eigenvalue weighted by atomic mass is 10.1. The van der Waals surface area contributed by atoms with Gasteiger partial charge >= 0.3 is 6.18 Å². The number of ether oxygens (including phenoxy) is 1. The van der Waals surface area contributed by atoms with Gasteiger partial charge in [0.2, 0.25) is 0 Å². The highest BCUT2D eigenvalue weighted by Gasteiger charge is 2.32. The number of rotatable bonds is 4. The molecule has 0 radical (unpaired) electrons. The van der Waals surface area contributed by atoms with E-state index in [0.717, 1.165) is 17.8 Å². The molecule has 1 N–H and O–H groups in total. The van der Waals surface area contributed by atoms with Gasteiger partial charge < -0.3 is 9.84 Å². The molecule has 0 saturated heterocycles. The lowest BCUT2D eigenvalue weighted by molar-refractivity contribution is -0.141. The van der Waals surface area contributed by atoms with Gasteiger partial charge in [0.25, 0.3) is 0 Å². The Bertz CT molecular complexity index is 894. The summed E-state index contributed by atoms with van der Waals surface area (Å²) in [4.78, 5) is 3.39. The minimum absolute atomic E-state index is 0.111. The average molecular weight is 380 g/mol. The van der Waals surface area contributed by atoms with Crippen LogP contribution in [0.2, 0.25) is 5.02 Å². The molecular weight excluding hydrogens is 367 g/mol. The van der Waals surface area contributed by atoms with Crippen molar-refractivity contribution in [3.8, 4) is 22.6 Å². The molecule has 0 unspecified atom stereocenters. The fraction of sp³-hybridized carbons (Fsp3) is 0.105. The van der Waals surface area contributed by atoms with Gasteiger partial charge in [-0.05, 0) is 35.9 Å². The van der Waals surface area contributed by atoms with Crippen molar-refractivity contribution in [3.05, 3.63) is 77.1 Å². The van der Waals surface area contributed by atoms with Gasteiger partial charge in [0.15, 0.2) is 0 Å². The van der Waals surface area contributed by atoms with E-state index in [0.29, 0.717) is 21.9 Å². The standard InChI is InChI=1S/C19H13ClF3NO2/c20-14-4-1-12(2-5-14)11-26-15-6-7-16(17(25)9-15)13-3-8-18(24-10-13)19(21,22)23/h1-10,25H,11H2. The number of nitrogens with zero attached hydrogens (tertiary/aromatic N) is 1. The number of pyridine rings is 1. The highest BCUT2D eigenvalue weighted by molar-refractivity contribution is 6.30. The van der Waals surface area contributed by atoms with E-state index in [1.54, 1.807) is 24.3 Å². The molecule has 3 nitrogen and oxygen atoms in total. The zero-order valence-corrected chi connectivity index (χ0v) is 14.1. The minimum Gasteiger partial charge on any atom is -0.507 e. The van der Waals surface area contributed by atoms with Crippen LogP contribution in [-0.4, -0.2) is 10.1 Å². The van der Waals surface area contributed by atoms with Crippen LogP contribution in [0, 0.1) is 0 Å². The molecule has 134 valence electrons. The summed E-state index contributed by atoms with van der Waals surface area (Å²) in [6.45, 7) is 0.289. The number of aromatic nitrogens is 1. The van der Waals surface area contributed by atoms with Crippen molar-refractivity contribution in [3.63, 3.8) is 0 Å². The number of benzene rings is 2. The third kappa shape index (κ3) is 4.26. The molecule has 0 spiro atoms. The Kier molecular flexibility index (Phi) is 5.04. The molecule has 0 aliphatic rings. The van der Waals surface area contributed by atoms with Crippen molar-refractivity contribution in [1.82, 2.24) is 4.98 Å². The van der Waals surface area contributed by atoms with Crippen molar-refractivity contribution in [1.29, 1.82) is 0 Å². The third-order valence-corrected chi connectivity index (χ3v) is 3.90. The second-order valence-corrected chi connectivity index (χ2v) is 5.96. The summed E-state index contributed by atoms with van der Waals surface area (Å²) in [5, 5.41) is 10.8. The fourth-order valence-corrected chi connectivity index (χ4v) is 2.44. The minimum atomic E-state index is -4.50. The molecule has 0 saturated carbocycles. The largest absolute Gasteiger partial charge is 0.507 e. The van der Waals surface area contributed by atoms with E-state index in [2.05, 4.69) is 4.98 Å². The molecular formula is C19H13ClF3NO2. The van der Waals surface area contributed by atoms with E-state index in [-0.39, 0.29) is 12.4 Å². The maximum absolute atomic E-state index is 12.6. The van der Waals surface area contributed by atoms with Crippen LogP contribution in [-0.2, 0) is 12.8 Å². The van der Waals surface area contributed by atoms with E-state index in [1.165, 1.54) is 12.1 Å². The molecule has 1 aromatic heterocycles. The van der Waals surface area contributed by atoms with Crippen LogP contribution in [0.3, 0.4) is 0 Å². The van der Waals surface area contributed by atoms with Crippen molar-refractivity contribution < 1.29 is 23.0 Å². The lowest BCUT2D eigenvalue weighted by Gasteiger charge is -2.10. The quantitative estimate of drug-likeness (QED) is 0.631. The molecule has 3 aromatic rings. The van der Waals surface area contributed by atoms with Crippen molar-refractivity contribution in [2.24, 2.45) is 0 Å². The SMILES string of the molecule is Oc1cc(OCc2ccc(Cl)cc2)ccc1-c1ccc(C(F)(F)F)nc1. The smallest absolute Gasteiger partial charge is 0.433 e. The second kappa shape index (κ2) is 7.25. The summed E-state index contributed by atoms with van der Waals surface area (Å²) in [5.74, 6) is 0.321. The normalized spacial score (nSPS) is 11.4. The van der Waals surface area contributed by atoms with Crippen LogP contribution in [0.1, 0.15) is 11.3 Å². The van der Waals surface area contributed by atoms with E-state index in [4.69, 9.17) is 16.3 Å². The molecule has 0 fully saturated rings. The number of hydrogen-bond donors (Lipinski definition) is 1. The molecule has 0 amide bonds. The molecule has 2 aromatic carbocycles. The number of phenolic OH excluding ortho intramolecular Hbond substituents is 1. The van der Waals surface area contributed by atoms with Gasteiger partial charge in [-0.25, -0.2) is 0 Å². The lowest BCUT2D eigenvalue weighted by Crippen LogP contribution is -2.07. The third-order valence-electron chi connectivity index (χ3n) is 3.65. The molecule has 0 atom stereocenters. The van der Waals surface area contributed by atoms with E-state index in [1.807, 2.05) is 12.1 Å². The predicted octanol–water partition coefficient (Wildman–Crippen LogP) is 5.71. The highest BCUT2D eigenvalue weighted by atomic mass is 35.5. The number of alkyl halides is 3. The highest BCUT2D eigenvalue weighted by Crippen LogP contribution is 2.34. The van der Waals surface area contributed by atoms with Gasteiger partial charge in [0, 0.05) is 28.4 Å². The number of halogens is 4. The first-order valence-corrected chi connectivity index (χ1v) is 7.94. The Hall–Kier alpha value is -2.73. The van der Waals surface area contributed by atoms with Gasteiger partial charge in [-0.2, -0.15) is 13.2 Å². The van der Waals surface area contributed by atoms with Crippen LogP contribution < -0.4 is 4.74 Å². The van der Waals surface area contributed by atoms with Crippen LogP contribution in [0.4, 0.5) is 13.2 Å². The summed E-state index contributed by atoms with van der Waals surface area (Å²) in [6, 6.07) is 13.9. The van der Waals surface area contributed by atoms with Gasteiger partial charge in [-0.3, -0.25) is 4.98 Å². The molecule has 0 aliphatic carbocycles. The number of aromatic hydroxyl groups is 1. The van der Waals surface area contributed by atoms with E-state index in [9.17, 15) is 18.3 Å². The van der Waals surface area contributed by atoms with Gasteiger partial charge in [-0.15, -0.1) is 0 Å². The average Bonchev–Trinajstić information content (AvgIpc) is 2.61. The zero-order chi connectivity index (χ0) is 18.7. The maximum atomic E-state index is 12.6. The Morgan fingerprint density at radius 3 is 2.31 bits per heavy atom. The molecule has 0 bridgehead atoms. The molecule has 0 aliphatic heterocycles. The van der Waals surface area contributed by atoms with E-state index >= 15 is 0 Å². The summed E-state index contributed by atoms with van der Waals surface area (Å²) in [6.07, 6.45) is -3.42. The summed E-state index contributed by atoms with van der Waals surface area (Å²) in [5.41, 5.74) is 0.665. The van der Waals surface area contributed by atoms with Crippen molar-refractivity contribution in [2.45, 2.75) is 12.8 Å². The van der Waals surface area contributed by atoms with Crippen LogP contribution in [0.15, 0.2) is 60.8 Å². The zero-order valence-electron chi connectivity index (χ0n) is 13.3. The summed E-state index contributed by atoms with van der Waals surface area (Å²) >= 11 is 5.82. The molecule has 1 heterocycles. The second-order valence-electron chi connectivity index (χ2n) is 5.52. The summed E-state index contributed by atoms with van der Waals surface area (Å²) in [7, 11) is 0. The molecule has 26 heavy (non-hydrogen) atoms. The topological polar surface area (TPSA) is 42.4 Å². The number of hydrogen-bond acceptors (Lipinski definition) is 3. The predicted molar refractivity (Wildman–Crippen MR) is 92.1 cm³/mol. The summed E-state index contributed by atoms with van der Waals surface area (Å²) < 4.78 is 43.3. The van der Waals surface area contributed by atoms with Crippen LogP contribution in [0.5, 0.6) is 11.5 Å². The maximum Gasteiger partial charge on any atom is 0.433 e. The van der Waals surface area contributed by atoms with Crippen molar-refractivity contribution >= 4 is 11.6 Å². The van der Waals surface area contributed by atoms with Crippen LogP contribution in [0.25, 0.3) is 11.1 Å². The Balaban J connectivity index is 1.74. The van der Waals surface area contributed by atoms with Crippen molar-refractivity contribution in [2.75, 3.05) is 0 Å². The van der Waals surface area contributed by atoms with Crippen LogP contribution >= 0.6 is 11.6 Å². The molecule has 3 rings (SSSR count). The first kappa shape index (κ1) is 18.1. The molecule has 7 heteroatoms.